The Labute approximate surface area is 354 Å². The van der Waals surface area contributed by atoms with Gasteiger partial charge in [-0.15, -0.1) is 0 Å². The van der Waals surface area contributed by atoms with Gasteiger partial charge in [-0.25, -0.2) is 4.79 Å². The number of anilines is 2. The van der Waals surface area contributed by atoms with Crippen molar-refractivity contribution in [1.82, 2.24) is 10.3 Å². The molecule has 0 aliphatic carbocycles. The topological polar surface area (TPSA) is 193 Å². The van der Waals surface area contributed by atoms with E-state index in [1.165, 1.54) is 12.1 Å². The van der Waals surface area contributed by atoms with Crippen LogP contribution in [0.4, 0.5) is 29.3 Å². The molecule has 0 saturated carbocycles. The van der Waals surface area contributed by atoms with Gasteiger partial charge in [-0.05, 0) is 65.4 Å². The fourth-order valence-electron chi connectivity index (χ4n) is 6.82. The number of phenolic OH excluding ortho intramolecular Hbond substituents is 1. The minimum Gasteiger partial charge on any atom is -0.542 e. The zero-order chi connectivity index (χ0) is 44.3. The van der Waals surface area contributed by atoms with Crippen LogP contribution in [-0.4, -0.2) is 83.7 Å². The van der Waals surface area contributed by atoms with E-state index in [4.69, 9.17) is 26.2 Å². The maximum atomic E-state index is 13.0. The van der Waals surface area contributed by atoms with E-state index in [-0.39, 0.29) is 35.4 Å². The predicted molar refractivity (Wildman–Crippen MR) is 224 cm³/mol. The first-order chi connectivity index (χ1) is 28.9. The second-order valence-corrected chi connectivity index (χ2v) is 15.7. The molecule has 0 spiro atoms. The molecule has 2 heterocycles. The number of pyridine rings is 1. The number of aromatic nitrogens is 1. The Morgan fingerprint density at radius 3 is 2.34 bits per heavy atom. The number of hydrogen-bond donors (Lipinski definition) is 6. The highest BCUT2D eigenvalue weighted by Crippen LogP contribution is 2.31. The molecule has 17 heteroatoms. The van der Waals surface area contributed by atoms with E-state index in [0.717, 1.165) is 52.7 Å². The van der Waals surface area contributed by atoms with Gasteiger partial charge in [-0.1, -0.05) is 66.2 Å². The van der Waals surface area contributed by atoms with E-state index in [2.05, 4.69) is 35.0 Å². The number of nitrogens with zero attached hydrogens (tertiary/aromatic N) is 1. The minimum atomic E-state index is -5.19. The van der Waals surface area contributed by atoms with E-state index in [9.17, 15) is 37.8 Å². The van der Waals surface area contributed by atoms with Gasteiger partial charge in [0.2, 0.25) is 11.5 Å². The Balaban J connectivity index is 0.000000925. The number of H-pyrrole nitrogens is 1. The molecule has 1 atom stereocenters. The van der Waals surface area contributed by atoms with Crippen molar-refractivity contribution < 1.29 is 52.1 Å². The molecule has 4 aromatic carbocycles. The van der Waals surface area contributed by atoms with Crippen LogP contribution in [0.3, 0.4) is 0 Å². The lowest BCUT2D eigenvalue weighted by Gasteiger charge is -2.36. The number of aliphatic carboxylic acids is 1. The number of halogens is 4. The number of phenols is 1. The first-order valence-electron chi connectivity index (χ1n) is 19.5. The predicted octanol–water partition coefficient (Wildman–Crippen LogP) is 6.42. The number of aromatic hydroxyl groups is 1. The van der Waals surface area contributed by atoms with Crippen LogP contribution in [0, 0.1) is 0 Å². The average molecular weight is 866 g/mol. The number of piperidine rings is 1. The number of hydrogen-bond acceptors (Lipinski definition) is 9. The number of aromatic amines is 1. The molecule has 6 N–H and O–H groups in total. The normalized spacial score (nSPS) is 14.3. The Kier molecular flexibility index (Phi) is 15.5. The lowest BCUT2D eigenvalue weighted by Crippen LogP contribution is -2.48. The van der Waals surface area contributed by atoms with E-state index in [0.29, 0.717) is 53.2 Å². The van der Waals surface area contributed by atoms with Crippen LogP contribution in [-0.2, 0) is 27.3 Å². The van der Waals surface area contributed by atoms with Crippen molar-refractivity contribution in [3.05, 3.63) is 123 Å². The van der Waals surface area contributed by atoms with Gasteiger partial charge in [-0.3, -0.25) is 14.9 Å². The van der Waals surface area contributed by atoms with Crippen molar-refractivity contribution in [1.29, 1.82) is 0 Å². The number of carbonyl (C=O) groups excluding carboxylic acids is 3. The highest BCUT2D eigenvalue weighted by atomic mass is 35.5. The largest absolute Gasteiger partial charge is 0.542 e. The molecular formula is C44H47ClF3N5O8. The fourth-order valence-corrected chi connectivity index (χ4v) is 7.07. The first kappa shape index (κ1) is 46.1. The van der Waals surface area contributed by atoms with Gasteiger partial charge in [-0.2, -0.15) is 13.2 Å². The van der Waals surface area contributed by atoms with Crippen molar-refractivity contribution in [3.63, 3.8) is 0 Å². The number of carbonyl (C=O) groups is 3. The number of aliphatic hydroxyl groups excluding tert-OH is 1. The Morgan fingerprint density at radius 2 is 1.67 bits per heavy atom. The van der Waals surface area contributed by atoms with Crippen LogP contribution >= 0.6 is 11.6 Å². The summed E-state index contributed by atoms with van der Waals surface area (Å²) in [6.07, 6.45) is -3.47. The summed E-state index contributed by atoms with van der Waals surface area (Å²) in [5.41, 5.74) is 5.41. The third kappa shape index (κ3) is 13.5. The molecule has 1 aliphatic rings. The zero-order valence-corrected chi connectivity index (χ0v) is 34.2. The van der Waals surface area contributed by atoms with Crippen molar-refractivity contribution >= 4 is 51.8 Å². The van der Waals surface area contributed by atoms with Crippen LogP contribution in [0.1, 0.15) is 48.5 Å². The maximum absolute atomic E-state index is 13.0. The SMILES string of the molecule is C[N+]1(C)CCC(OC(=O)Nc2cc(CCCC(=O)Nc3ccc(CNC[C@H](O)c4ccc(O)c5[nH]c(=O)ccc45)c(Cl)c3)ccc2-c2ccccc2)CC1.O=C([O-])C(F)(F)F. The van der Waals surface area contributed by atoms with E-state index < -0.39 is 24.3 Å². The minimum absolute atomic E-state index is 0.0697. The second-order valence-electron chi connectivity index (χ2n) is 15.3. The Bertz CT molecular complexity index is 2380. The third-order valence-electron chi connectivity index (χ3n) is 10.1. The molecule has 1 aromatic heterocycles. The standard InChI is InChI=1S/C42H46ClN5O6.C2HF3O2/c1-48(2)21-19-31(20-22-48)54-42(53)46-36-23-27(11-14-32(36)28-8-4-3-5-9-28)7-6-10-39(51)45-30-13-12-29(35(43)24-30)25-44-26-38(50)33-15-17-37(49)41-34(33)16-18-40(52)47-41;3-2(4,5)1(6)7/h3-5,8-9,11-18,23-24,31,38,44,50H,6-7,10,19-22,25-26H2,1-2H3,(H3-,45,46,47,49,51,52,53);(H,6,7)/t38-;/m0./s1. The molecule has 61 heavy (non-hydrogen) atoms. The molecule has 0 bridgehead atoms. The Hall–Kier alpha value is -5.94. The number of nitrogens with one attached hydrogen (secondary N) is 4. The second kappa shape index (κ2) is 20.5. The number of aliphatic hydroxyl groups is 1. The van der Waals surface area contributed by atoms with Gasteiger partial charge in [0.05, 0.1) is 44.5 Å². The van der Waals surface area contributed by atoms with Crippen molar-refractivity contribution in [3.8, 4) is 16.9 Å². The smallest absolute Gasteiger partial charge is 0.430 e. The average Bonchev–Trinajstić information content (AvgIpc) is 3.20. The van der Waals surface area contributed by atoms with Crippen molar-refractivity contribution in [2.45, 2.75) is 57.0 Å². The summed E-state index contributed by atoms with van der Waals surface area (Å²) in [6.45, 7) is 2.49. The zero-order valence-electron chi connectivity index (χ0n) is 33.5. The first-order valence-corrected chi connectivity index (χ1v) is 19.8. The lowest BCUT2D eigenvalue weighted by molar-refractivity contribution is -0.896. The number of alkyl halides is 3. The molecular weight excluding hydrogens is 819 g/mol. The summed E-state index contributed by atoms with van der Waals surface area (Å²) in [5, 5.41) is 39.9. The third-order valence-corrected chi connectivity index (χ3v) is 10.5. The van der Waals surface area contributed by atoms with Gasteiger partial charge in [0.25, 0.3) is 0 Å². The summed E-state index contributed by atoms with van der Waals surface area (Å²) >= 11 is 6.56. The number of ether oxygens (including phenoxy) is 1. The lowest BCUT2D eigenvalue weighted by atomic mass is 9.99. The quantitative estimate of drug-likeness (QED) is 0.0725. The molecule has 13 nitrogen and oxygen atoms in total. The maximum Gasteiger partial charge on any atom is 0.430 e. The summed E-state index contributed by atoms with van der Waals surface area (Å²) in [7, 11) is 4.38. The number of rotatable bonds is 13. The molecule has 324 valence electrons. The Morgan fingerprint density at radius 1 is 0.967 bits per heavy atom. The fraction of sp³-hybridized carbons (Fsp3) is 0.318. The highest BCUT2D eigenvalue weighted by Gasteiger charge is 2.29. The monoisotopic (exact) mass is 865 g/mol. The van der Waals surface area contributed by atoms with Crippen LogP contribution < -0.4 is 26.6 Å². The molecule has 1 aliphatic heterocycles. The van der Waals surface area contributed by atoms with Gasteiger partial charge in [0.15, 0.2) is 0 Å². The molecule has 1 fully saturated rings. The van der Waals surface area contributed by atoms with Crippen LogP contribution in [0.25, 0.3) is 22.0 Å². The number of carboxylic acid groups (broad SMARTS) is 1. The number of likely N-dealkylation sites (tertiary alicyclic amines) is 1. The summed E-state index contributed by atoms with van der Waals surface area (Å²) in [6, 6.07) is 27.2. The van der Waals surface area contributed by atoms with Crippen LogP contribution in [0.5, 0.6) is 5.75 Å². The number of fused-ring (bicyclic) bond motifs is 1. The number of carboxylic acids is 1. The van der Waals surface area contributed by atoms with Gasteiger partial charge >= 0.3 is 12.3 Å². The van der Waals surface area contributed by atoms with Crippen LogP contribution in [0.15, 0.2) is 95.8 Å². The summed E-state index contributed by atoms with van der Waals surface area (Å²) in [5.74, 6) is -3.22. The van der Waals surface area contributed by atoms with Crippen LogP contribution in [0.2, 0.25) is 5.02 Å². The molecule has 2 amide bonds. The van der Waals surface area contributed by atoms with Gasteiger partial charge in [0.1, 0.15) is 17.8 Å². The molecule has 0 unspecified atom stereocenters. The number of quaternary nitrogens is 1. The molecule has 6 rings (SSSR count). The van der Waals surface area contributed by atoms with E-state index in [1.54, 1.807) is 24.3 Å². The molecule has 5 aromatic rings. The van der Waals surface area contributed by atoms with Crippen molar-refractivity contribution in [2.75, 3.05) is 44.4 Å². The molecule has 0 radical (unpaired) electrons. The summed E-state index contributed by atoms with van der Waals surface area (Å²) in [4.78, 5) is 49.0. The molecule has 1 saturated heterocycles. The van der Waals surface area contributed by atoms with Crippen molar-refractivity contribution in [2.24, 2.45) is 0 Å². The number of amides is 2. The summed E-state index contributed by atoms with van der Waals surface area (Å²) < 4.78 is 38.3. The number of benzene rings is 4. The van der Waals surface area contributed by atoms with Gasteiger partial charge in [0, 0.05) is 60.1 Å². The van der Waals surface area contributed by atoms with Gasteiger partial charge < -0.3 is 45.0 Å². The van der Waals surface area contributed by atoms with E-state index >= 15 is 0 Å². The highest BCUT2D eigenvalue weighted by molar-refractivity contribution is 6.31. The number of aryl methyl sites for hydroxylation is 1. The van der Waals surface area contributed by atoms with E-state index in [1.807, 2.05) is 54.6 Å².